The number of azide groups is 2. The molecule has 0 aliphatic rings. The second-order valence-electron chi connectivity index (χ2n) is 23.1. The largest absolute Gasteiger partial charge is 0.416 e. The summed E-state index contributed by atoms with van der Waals surface area (Å²) in [5.74, 6) is 0. The van der Waals surface area contributed by atoms with Crippen LogP contribution in [0.25, 0.3) is 20.9 Å². The second kappa shape index (κ2) is 40.2. The quantitative estimate of drug-likeness (QED) is 0.0236. The average Bonchev–Trinajstić information content (AvgIpc) is 0.839. The lowest BCUT2D eigenvalue weighted by Gasteiger charge is -2.14. The standard InChI is InChI=1S/C17H17F3O3S.C12H16F3N.2C10H10F3N3.2C10H12F3N/c1-12-6-8-16(9-7-12)24(21,22)23-13(2)10-14-4-3-5-15(11-14)17(18,19)20;1-3-16-9(2)7-10-5-4-6-11(8-10)12(13,14)15;2*1-7(15-16-14)5-8-3-2-4-9(6-8)10(11,12)13;2*1-7(14)5-8-3-2-4-9(6-8)10(11,12)13/h3-9,11,13H,10H2,1-2H3;4-6,8-9,16H,3,7H2,1-2H3;2*2-4,6-7H,5H2,1H3;2*2-4,6-7H,5,14H2,1H3. The van der Waals surface area contributed by atoms with Gasteiger partial charge < -0.3 is 16.8 Å². The van der Waals surface area contributed by atoms with Crippen LogP contribution in [0.4, 0.5) is 79.0 Å². The van der Waals surface area contributed by atoms with E-state index in [2.05, 4.69) is 25.4 Å². The van der Waals surface area contributed by atoms with Crippen LogP contribution in [0.2, 0.25) is 0 Å². The zero-order valence-corrected chi connectivity index (χ0v) is 56.2. The zero-order valence-electron chi connectivity index (χ0n) is 55.4. The molecule has 6 unspecified atom stereocenters. The lowest BCUT2D eigenvalue weighted by molar-refractivity contribution is -0.138. The molecule has 6 atom stereocenters. The third-order valence-corrected chi connectivity index (χ3v) is 14.9. The van der Waals surface area contributed by atoms with Gasteiger partial charge in [0.1, 0.15) is 0 Å². The van der Waals surface area contributed by atoms with Crippen molar-refractivity contribution in [2.45, 2.75) is 172 Å². The summed E-state index contributed by atoms with van der Waals surface area (Å²) in [7, 11) is -3.96. The SMILES string of the molecule is CC(Cc1cccc(C(F)(F)F)c1)N=[N+]=[N-].CC(Cc1cccc(C(F)(F)F)c1)N=[N+]=[N-].CC(N)Cc1cccc(C(F)(F)F)c1.CC(N)Cc1cccc(C(F)(F)F)c1.CCNC(C)Cc1cccc(C(F)(F)F)c1.Cc1ccc(S(=O)(=O)OC(C)Cc2cccc(C(F)(F)F)c2)cc1. The summed E-state index contributed by atoms with van der Waals surface area (Å²) < 4.78 is 253. The number of hydrogen-bond donors (Lipinski definition) is 3. The van der Waals surface area contributed by atoms with E-state index in [1.807, 2.05) is 20.8 Å². The number of aryl methyl sites for hydroxylation is 1. The van der Waals surface area contributed by atoms with E-state index in [0.29, 0.717) is 65.5 Å². The highest BCUT2D eigenvalue weighted by atomic mass is 32.2. The molecule has 0 aliphatic carbocycles. The fourth-order valence-corrected chi connectivity index (χ4v) is 10.1. The maximum atomic E-state index is 12.7. The predicted molar refractivity (Wildman–Crippen MR) is 347 cm³/mol. The lowest BCUT2D eigenvalue weighted by Crippen LogP contribution is -2.27. The minimum absolute atomic E-state index is 0.0176. The van der Waals surface area contributed by atoms with E-state index >= 15 is 0 Å². The van der Waals surface area contributed by atoms with Crippen molar-refractivity contribution in [1.29, 1.82) is 0 Å². The Morgan fingerprint density at radius 1 is 0.410 bits per heavy atom. The van der Waals surface area contributed by atoms with Gasteiger partial charge in [0.05, 0.1) is 44.4 Å². The molecule has 0 heterocycles. The normalized spacial score (nSPS) is 13.6. The van der Waals surface area contributed by atoms with Gasteiger partial charge in [0.25, 0.3) is 10.1 Å². The molecule has 100 heavy (non-hydrogen) atoms. The van der Waals surface area contributed by atoms with Gasteiger partial charge in [-0.1, -0.05) is 158 Å². The number of nitrogens with one attached hydrogen (secondary N) is 1. The maximum absolute atomic E-state index is 12.7. The molecular formula is C69H77F18N9O3S. The molecular weight excluding hydrogens is 1380 g/mol. The Hall–Kier alpha value is -8.31. The molecule has 0 aromatic heterocycles. The summed E-state index contributed by atoms with van der Waals surface area (Å²) >= 11 is 0. The van der Waals surface area contributed by atoms with Crippen molar-refractivity contribution in [2.75, 3.05) is 6.54 Å². The topological polar surface area (TPSA) is 205 Å². The maximum Gasteiger partial charge on any atom is 0.416 e. The number of alkyl halides is 18. The molecule has 0 amide bonds. The van der Waals surface area contributed by atoms with Crippen LogP contribution in [-0.2, 0) is 89.9 Å². The molecule has 12 nitrogen and oxygen atoms in total. The first-order valence-electron chi connectivity index (χ1n) is 30.5. The van der Waals surface area contributed by atoms with Crippen LogP contribution < -0.4 is 16.8 Å². The molecule has 0 spiro atoms. The number of likely N-dealkylation sites (N-methyl/N-ethyl adjacent to an activating group) is 1. The van der Waals surface area contributed by atoms with Gasteiger partial charge >= 0.3 is 37.1 Å². The van der Waals surface area contributed by atoms with Crippen molar-refractivity contribution >= 4 is 10.1 Å². The first-order chi connectivity index (χ1) is 46.2. The molecule has 7 rings (SSSR count). The zero-order chi connectivity index (χ0) is 76.0. The second-order valence-corrected chi connectivity index (χ2v) is 24.7. The molecule has 31 heteroatoms. The Morgan fingerprint density at radius 3 is 0.900 bits per heavy atom. The molecule has 0 saturated carbocycles. The summed E-state index contributed by atoms with van der Waals surface area (Å²) in [5, 5.41) is 9.99. The van der Waals surface area contributed by atoms with Crippen molar-refractivity contribution in [2.24, 2.45) is 21.7 Å². The fraction of sp³-hybridized carbons (Fsp3) is 0.391. The van der Waals surface area contributed by atoms with Gasteiger partial charge in [-0.3, -0.25) is 4.18 Å². The first kappa shape index (κ1) is 87.8. The number of nitrogens with zero attached hydrogens (tertiary/aromatic N) is 6. The number of hydrogen-bond acceptors (Lipinski definition) is 8. The van der Waals surface area contributed by atoms with Crippen molar-refractivity contribution in [3.05, 3.63) is 263 Å². The Morgan fingerprint density at radius 2 is 0.660 bits per heavy atom. The van der Waals surface area contributed by atoms with Gasteiger partial charge in [0.2, 0.25) is 0 Å². The lowest BCUT2D eigenvalue weighted by atomic mass is 10.0. The highest BCUT2D eigenvalue weighted by molar-refractivity contribution is 7.86. The van der Waals surface area contributed by atoms with Crippen molar-refractivity contribution in [3.63, 3.8) is 0 Å². The number of benzene rings is 7. The molecule has 0 aliphatic heterocycles. The van der Waals surface area contributed by atoms with Crippen LogP contribution in [0, 0.1) is 6.92 Å². The molecule has 0 radical (unpaired) electrons. The van der Waals surface area contributed by atoms with Crippen LogP contribution in [-0.4, -0.2) is 51.3 Å². The van der Waals surface area contributed by atoms with Crippen molar-refractivity contribution < 1.29 is 91.6 Å². The number of rotatable bonds is 19. The smallest absolute Gasteiger partial charge is 0.328 e. The Labute approximate surface area is 568 Å². The highest BCUT2D eigenvalue weighted by Crippen LogP contribution is 2.35. The highest BCUT2D eigenvalue weighted by Gasteiger charge is 2.35. The van der Waals surface area contributed by atoms with E-state index in [1.165, 1.54) is 67.6 Å². The number of halogens is 18. The van der Waals surface area contributed by atoms with Gasteiger partial charge in [0, 0.05) is 40.0 Å². The van der Waals surface area contributed by atoms with E-state index < -0.39 is 86.7 Å². The summed E-state index contributed by atoms with van der Waals surface area (Å²) in [6.07, 6.45) is -24.5. The van der Waals surface area contributed by atoms with Crippen molar-refractivity contribution in [3.8, 4) is 0 Å². The van der Waals surface area contributed by atoms with Gasteiger partial charge in [0.15, 0.2) is 0 Å². The van der Waals surface area contributed by atoms with E-state index in [9.17, 15) is 87.4 Å². The monoisotopic (exact) mass is 1450 g/mol. The van der Waals surface area contributed by atoms with Gasteiger partial charge in [-0.15, -0.1) is 0 Å². The first-order valence-corrected chi connectivity index (χ1v) is 31.9. The molecule has 7 aromatic rings. The van der Waals surface area contributed by atoms with Gasteiger partial charge in [-0.25, -0.2) is 0 Å². The molecule has 548 valence electrons. The van der Waals surface area contributed by atoms with Crippen molar-refractivity contribution in [1.82, 2.24) is 5.32 Å². The average molecular weight is 1450 g/mol. The van der Waals surface area contributed by atoms with E-state index in [-0.39, 0.29) is 41.5 Å². The summed E-state index contributed by atoms with van der Waals surface area (Å²) in [6.45, 7) is 14.9. The molecule has 0 saturated heterocycles. The third kappa shape index (κ3) is 35.1. The summed E-state index contributed by atoms with van der Waals surface area (Å²) in [6, 6.07) is 36.2. The third-order valence-electron chi connectivity index (χ3n) is 13.4. The molecule has 5 N–H and O–H groups in total. The Balaban J connectivity index is 0.000000413. The fourth-order valence-electron chi connectivity index (χ4n) is 9.05. The molecule has 7 aromatic carbocycles. The molecule has 0 bridgehead atoms. The predicted octanol–water partition coefficient (Wildman–Crippen LogP) is 20.7. The Bertz CT molecular complexity index is 3670. The molecule has 0 fully saturated rings. The minimum Gasteiger partial charge on any atom is -0.328 e. The van der Waals surface area contributed by atoms with Crippen LogP contribution in [0.15, 0.2) is 185 Å². The van der Waals surface area contributed by atoms with Crippen LogP contribution in [0.3, 0.4) is 0 Å². The van der Waals surface area contributed by atoms with Crippen LogP contribution >= 0.6 is 0 Å². The van der Waals surface area contributed by atoms with Gasteiger partial charge in [-0.05, 0) is 173 Å². The summed E-state index contributed by atoms with van der Waals surface area (Å²) in [4.78, 5) is 5.23. The van der Waals surface area contributed by atoms with E-state index in [1.54, 1.807) is 70.2 Å². The number of nitrogens with two attached hydrogens (primary N) is 2. The minimum atomic E-state index is -4.44. The van der Waals surface area contributed by atoms with Gasteiger partial charge in [-0.2, -0.15) is 87.4 Å². The van der Waals surface area contributed by atoms with E-state index in [4.69, 9.17) is 26.7 Å². The van der Waals surface area contributed by atoms with Crippen LogP contribution in [0.5, 0.6) is 0 Å². The Kier molecular flexibility index (Phi) is 35.3. The van der Waals surface area contributed by atoms with Crippen LogP contribution in [0.1, 0.15) is 121 Å². The summed E-state index contributed by atoms with van der Waals surface area (Å²) in [5.41, 5.74) is 27.7. The van der Waals surface area contributed by atoms with E-state index in [0.717, 1.165) is 78.8 Å².